The summed E-state index contributed by atoms with van der Waals surface area (Å²) in [4.78, 5) is -0.358. The minimum Gasteiger partial charge on any atom is -0.392 e. The summed E-state index contributed by atoms with van der Waals surface area (Å²) in [6.45, 7) is 3.77. The third kappa shape index (κ3) is 3.28. The highest BCUT2D eigenvalue weighted by Gasteiger charge is 2.24. The SMILES string of the molecule is CC(C)CN(C)S(=O)(=O)c1ccc(CO)cc1F. The van der Waals surface area contributed by atoms with Gasteiger partial charge in [-0.05, 0) is 23.6 Å². The molecule has 1 aromatic carbocycles. The van der Waals surface area contributed by atoms with Crippen molar-refractivity contribution in [2.24, 2.45) is 5.92 Å². The molecule has 102 valence electrons. The Morgan fingerprint density at radius 3 is 2.44 bits per heavy atom. The molecule has 0 unspecified atom stereocenters. The van der Waals surface area contributed by atoms with Gasteiger partial charge in [0.05, 0.1) is 6.61 Å². The van der Waals surface area contributed by atoms with Crippen LogP contribution in [0, 0.1) is 11.7 Å². The molecule has 0 bridgehead atoms. The average Bonchev–Trinajstić information content (AvgIpc) is 2.27. The van der Waals surface area contributed by atoms with Crippen LogP contribution in [0.25, 0.3) is 0 Å². The maximum absolute atomic E-state index is 13.7. The van der Waals surface area contributed by atoms with Gasteiger partial charge in [0, 0.05) is 13.6 Å². The smallest absolute Gasteiger partial charge is 0.245 e. The summed E-state index contributed by atoms with van der Waals surface area (Å²) in [5.74, 6) is -0.679. The number of aliphatic hydroxyl groups excluding tert-OH is 1. The zero-order chi connectivity index (χ0) is 13.9. The van der Waals surface area contributed by atoms with Crippen LogP contribution in [0.4, 0.5) is 4.39 Å². The Morgan fingerprint density at radius 2 is 2.00 bits per heavy atom. The van der Waals surface area contributed by atoms with Crippen molar-refractivity contribution in [2.45, 2.75) is 25.3 Å². The number of rotatable bonds is 5. The zero-order valence-corrected chi connectivity index (χ0v) is 11.5. The zero-order valence-electron chi connectivity index (χ0n) is 10.7. The van der Waals surface area contributed by atoms with E-state index in [0.29, 0.717) is 12.1 Å². The molecule has 6 heteroatoms. The van der Waals surface area contributed by atoms with Crippen LogP contribution in [0.3, 0.4) is 0 Å². The molecule has 1 N–H and O–H groups in total. The van der Waals surface area contributed by atoms with E-state index in [4.69, 9.17) is 5.11 Å². The molecular weight excluding hydrogens is 257 g/mol. The number of hydrogen-bond donors (Lipinski definition) is 1. The van der Waals surface area contributed by atoms with Crippen molar-refractivity contribution in [3.63, 3.8) is 0 Å². The fraction of sp³-hybridized carbons (Fsp3) is 0.500. The Bertz CT molecular complexity index is 514. The largest absolute Gasteiger partial charge is 0.392 e. The maximum atomic E-state index is 13.7. The van der Waals surface area contributed by atoms with Crippen molar-refractivity contribution < 1.29 is 17.9 Å². The summed E-state index contributed by atoms with van der Waals surface area (Å²) in [6, 6.07) is 3.63. The normalized spacial score (nSPS) is 12.4. The average molecular weight is 275 g/mol. The number of nitrogens with zero attached hydrogens (tertiary/aromatic N) is 1. The van der Waals surface area contributed by atoms with Gasteiger partial charge >= 0.3 is 0 Å². The minimum absolute atomic E-state index is 0.157. The second kappa shape index (κ2) is 5.77. The van der Waals surface area contributed by atoms with Gasteiger partial charge in [-0.2, -0.15) is 0 Å². The summed E-state index contributed by atoms with van der Waals surface area (Å²) < 4.78 is 39.1. The predicted octanol–water partition coefficient (Wildman–Crippen LogP) is 1.59. The summed E-state index contributed by atoms with van der Waals surface area (Å²) in [5, 5.41) is 8.86. The summed E-state index contributed by atoms with van der Waals surface area (Å²) in [6.07, 6.45) is 0. The van der Waals surface area contributed by atoms with Crippen molar-refractivity contribution in [2.75, 3.05) is 13.6 Å². The van der Waals surface area contributed by atoms with Crippen LogP contribution >= 0.6 is 0 Å². The van der Waals surface area contributed by atoms with Crippen LogP contribution in [0.15, 0.2) is 23.1 Å². The topological polar surface area (TPSA) is 57.6 Å². The quantitative estimate of drug-likeness (QED) is 0.888. The van der Waals surface area contributed by atoms with Gasteiger partial charge in [-0.3, -0.25) is 0 Å². The Hall–Kier alpha value is -0.980. The van der Waals surface area contributed by atoms with E-state index in [2.05, 4.69) is 0 Å². The fourth-order valence-corrected chi connectivity index (χ4v) is 3.01. The van der Waals surface area contributed by atoms with Gasteiger partial charge in [0.25, 0.3) is 0 Å². The first-order chi connectivity index (χ1) is 8.28. The lowest BCUT2D eigenvalue weighted by molar-refractivity contribution is 0.281. The molecule has 0 radical (unpaired) electrons. The molecule has 0 saturated heterocycles. The van der Waals surface area contributed by atoms with Crippen LogP contribution in [0.1, 0.15) is 19.4 Å². The standard InChI is InChI=1S/C12H18FNO3S/c1-9(2)7-14(3)18(16,17)12-5-4-10(8-15)6-11(12)13/h4-6,9,15H,7-8H2,1-3H3. The highest BCUT2D eigenvalue weighted by Crippen LogP contribution is 2.20. The van der Waals surface area contributed by atoms with Crippen LogP contribution in [0.5, 0.6) is 0 Å². The third-order valence-electron chi connectivity index (χ3n) is 2.49. The van der Waals surface area contributed by atoms with Crippen molar-refractivity contribution in [3.8, 4) is 0 Å². The van der Waals surface area contributed by atoms with E-state index in [1.807, 2.05) is 13.8 Å². The Morgan fingerprint density at radius 1 is 1.39 bits per heavy atom. The van der Waals surface area contributed by atoms with Gasteiger partial charge in [-0.15, -0.1) is 0 Å². The van der Waals surface area contributed by atoms with Gasteiger partial charge < -0.3 is 5.11 Å². The van der Waals surface area contributed by atoms with Crippen molar-refractivity contribution in [3.05, 3.63) is 29.6 Å². The van der Waals surface area contributed by atoms with Gasteiger partial charge in [0.2, 0.25) is 10.0 Å². The molecule has 0 aliphatic heterocycles. The van der Waals surface area contributed by atoms with Crippen LogP contribution in [-0.4, -0.2) is 31.4 Å². The molecule has 0 saturated carbocycles. The molecule has 0 fully saturated rings. The highest BCUT2D eigenvalue weighted by atomic mass is 32.2. The third-order valence-corrected chi connectivity index (χ3v) is 4.35. The fourth-order valence-electron chi connectivity index (χ4n) is 1.63. The van der Waals surface area contributed by atoms with E-state index in [9.17, 15) is 12.8 Å². The molecule has 1 aromatic rings. The number of hydrogen-bond acceptors (Lipinski definition) is 3. The molecule has 0 aliphatic carbocycles. The number of halogens is 1. The van der Waals surface area contributed by atoms with Gasteiger partial charge in [0.1, 0.15) is 10.7 Å². The predicted molar refractivity (Wildman–Crippen MR) is 67.0 cm³/mol. The minimum atomic E-state index is -3.81. The first kappa shape index (κ1) is 15.1. The lowest BCUT2D eigenvalue weighted by atomic mass is 10.2. The first-order valence-electron chi connectivity index (χ1n) is 5.64. The van der Waals surface area contributed by atoms with E-state index in [-0.39, 0.29) is 17.4 Å². The van der Waals surface area contributed by atoms with Crippen LogP contribution in [-0.2, 0) is 16.6 Å². The lowest BCUT2D eigenvalue weighted by Crippen LogP contribution is -2.31. The van der Waals surface area contributed by atoms with Gasteiger partial charge in [0.15, 0.2) is 0 Å². The van der Waals surface area contributed by atoms with Gasteiger partial charge in [-0.1, -0.05) is 19.9 Å². The van der Waals surface area contributed by atoms with Crippen LogP contribution < -0.4 is 0 Å². The highest BCUT2D eigenvalue weighted by molar-refractivity contribution is 7.89. The van der Waals surface area contributed by atoms with E-state index < -0.39 is 15.8 Å². The molecule has 0 aliphatic rings. The monoisotopic (exact) mass is 275 g/mol. The van der Waals surface area contributed by atoms with E-state index in [1.165, 1.54) is 19.2 Å². The van der Waals surface area contributed by atoms with Gasteiger partial charge in [-0.25, -0.2) is 17.1 Å². The summed E-state index contributed by atoms with van der Waals surface area (Å²) in [7, 11) is -2.39. The Kier molecular flexibility index (Phi) is 4.84. The molecule has 0 atom stereocenters. The molecule has 0 spiro atoms. The maximum Gasteiger partial charge on any atom is 0.245 e. The number of aliphatic hydroxyl groups is 1. The number of sulfonamides is 1. The second-order valence-electron chi connectivity index (χ2n) is 4.60. The molecule has 1 rings (SSSR count). The lowest BCUT2D eigenvalue weighted by Gasteiger charge is -2.19. The molecule has 0 heterocycles. The molecule has 18 heavy (non-hydrogen) atoms. The summed E-state index contributed by atoms with van der Waals surface area (Å²) >= 11 is 0. The van der Waals surface area contributed by atoms with E-state index >= 15 is 0 Å². The second-order valence-corrected chi connectivity index (χ2v) is 6.62. The molecule has 0 aromatic heterocycles. The van der Waals surface area contributed by atoms with Crippen LogP contribution in [0.2, 0.25) is 0 Å². The number of benzene rings is 1. The molecular formula is C12H18FNO3S. The Balaban J connectivity index is 3.12. The molecule has 0 amide bonds. The summed E-state index contributed by atoms with van der Waals surface area (Å²) in [5.41, 5.74) is 0.345. The first-order valence-corrected chi connectivity index (χ1v) is 7.08. The van der Waals surface area contributed by atoms with Crippen molar-refractivity contribution in [1.82, 2.24) is 4.31 Å². The molecule has 4 nitrogen and oxygen atoms in total. The van der Waals surface area contributed by atoms with E-state index in [0.717, 1.165) is 10.4 Å². The van der Waals surface area contributed by atoms with Crippen molar-refractivity contribution in [1.29, 1.82) is 0 Å². The Labute approximate surface area is 107 Å². The van der Waals surface area contributed by atoms with Crippen molar-refractivity contribution >= 4 is 10.0 Å². The van der Waals surface area contributed by atoms with E-state index in [1.54, 1.807) is 0 Å².